The van der Waals surface area contributed by atoms with Crippen molar-refractivity contribution in [3.8, 4) is 6.07 Å². The van der Waals surface area contributed by atoms with Crippen molar-refractivity contribution in [2.75, 3.05) is 24.5 Å². The minimum atomic E-state index is 0.443. The predicted molar refractivity (Wildman–Crippen MR) is 70.4 cm³/mol. The average molecular weight is 245 g/mol. The first kappa shape index (κ1) is 12.8. The van der Waals surface area contributed by atoms with Gasteiger partial charge in [-0.05, 0) is 32.4 Å². The second-order valence-electron chi connectivity index (χ2n) is 4.65. The summed E-state index contributed by atoms with van der Waals surface area (Å²) in [6.07, 6.45) is 2.16. The Hall–Kier alpha value is -1.67. The van der Waals surface area contributed by atoms with E-state index in [1.54, 1.807) is 6.07 Å². The Kier molecular flexibility index (Phi) is 4.11. The van der Waals surface area contributed by atoms with E-state index in [-0.39, 0.29) is 0 Å². The number of aryl methyl sites for hydroxylation is 1. The maximum absolute atomic E-state index is 8.99. The largest absolute Gasteiger partial charge is 0.336 e. The quantitative estimate of drug-likeness (QED) is 0.864. The van der Waals surface area contributed by atoms with Crippen molar-refractivity contribution in [3.05, 3.63) is 17.5 Å². The first-order valence-electron chi connectivity index (χ1n) is 6.47. The van der Waals surface area contributed by atoms with Crippen LogP contribution >= 0.6 is 0 Å². The molecule has 5 nitrogen and oxygen atoms in total. The van der Waals surface area contributed by atoms with Gasteiger partial charge in [-0.2, -0.15) is 5.26 Å². The topological polar surface area (TPSA) is 64.8 Å². The highest BCUT2D eigenvalue weighted by atomic mass is 15.3. The first-order valence-corrected chi connectivity index (χ1v) is 6.47. The molecule has 1 aliphatic heterocycles. The Balaban J connectivity index is 2.29. The van der Waals surface area contributed by atoms with E-state index in [4.69, 9.17) is 5.26 Å². The molecule has 2 heterocycles. The fourth-order valence-electron chi connectivity index (χ4n) is 2.33. The fourth-order valence-corrected chi connectivity index (χ4v) is 2.33. The van der Waals surface area contributed by atoms with Gasteiger partial charge in [0.05, 0.1) is 0 Å². The molecule has 2 rings (SSSR count). The third-order valence-electron chi connectivity index (χ3n) is 3.15. The van der Waals surface area contributed by atoms with Gasteiger partial charge in [-0.1, -0.05) is 6.92 Å². The number of anilines is 1. The molecule has 0 bridgehead atoms. The van der Waals surface area contributed by atoms with Gasteiger partial charge in [0.25, 0.3) is 0 Å². The minimum absolute atomic E-state index is 0.443. The fraction of sp³-hybridized carbons (Fsp3) is 0.615. The van der Waals surface area contributed by atoms with E-state index in [1.807, 2.05) is 6.92 Å². The van der Waals surface area contributed by atoms with Crippen molar-refractivity contribution in [2.45, 2.75) is 32.7 Å². The van der Waals surface area contributed by atoms with Crippen LogP contribution in [-0.4, -0.2) is 35.6 Å². The number of hydrogen-bond donors (Lipinski definition) is 1. The third-order valence-corrected chi connectivity index (χ3v) is 3.15. The molecule has 0 aromatic carbocycles. The summed E-state index contributed by atoms with van der Waals surface area (Å²) >= 11 is 0. The zero-order chi connectivity index (χ0) is 13.0. The predicted octanol–water partition coefficient (Wildman–Crippen LogP) is 1.23. The maximum Gasteiger partial charge on any atom is 0.227 e. The Morgan fingerprint density at radius 3 is 3.00 bits per heavy atom. The highest BCUT2D eigenvalue weighted by Gasteiger charge is 2.24. The molecular weight excluding hydrogens is 226 g/mol. The lowest BCUT2D eigenvalue weighted by atomic mass is 10.2. The zero-order valence-corrected chi connectivity index (χ0v) is 11.0. The Bertz CT molecular complexity index is 445. The molecule has 0 saturated carbocycles. The monoisotopic (exact) mass is 245 g/mol. The number of rotatable bonds is 4. The summed E-state index contributed by atoms with van der Waals surface area (Å²) in [6.45, 7) is 7.00. The normalized spacial score (nSPS) is 18.6. The van der Waals surface area contributed by atoms with E-state index in [1.165, 1.54) is 0 Å². The van der Waals surface area contributed by atoms with Gasteiger partial charge in [0.1, 0.15) is 11.8 Å². The molecule has 1 aromatic rings. The van der Waals surface area contributed by atoms with E-state index in [2.05, 4.69) is 33.2 Å². The van der Waals surface area contributed by atoms with E-state index < -0.39 is 0 Å². The van der Waals surface area contributed by atoms with Crippen molar-refractivity contribution < 1.29 is 0 Å². The summed E-state index contributed by atoms with van der Waals surface area (Å²) < 4.78 is 0. The van der Waals surface area contributed by atoms with E-state index in [9.17, 15) is 0 Å². The number of nitriles is 1. The zero-order valence-electron chi connectivity index (χ0n) is 11.0. The Labute approximate surface area is 108 Å². The van der Waals surface area contributed by atoms with Crippen molar-refractivity contribution >= 4 is 5.95 Å². The van der Waals surface area contributed by atoms with Crippen molar-refractivity contribution in [1.82, 2.24) is 15.3 Å². The third kappa shape index (κ3) is 2.77. The molecule has 1 unspecified atom stereocenters. The molecule has 1 aromatic heterocycles. The SMILES string of the molecule is CCCN(c1nc(C)cc(C#N)n1)C1CCNC1. The van der Waals surface area contributed by atoms with E-state index in [0.717, 1.165) is 38.2 Å². The second-order valence-corrected chi connectivity index (χ2v) is 4.65. The summed E-state index contributed by atoms with van der Waals surface area (Å²) in [5, 5.41) is 12.4. The molecule has 0 aliphatic carbocycles. The molecule has 1 atom stereocenters. The molecule has 1 aliphatic rings. The van der Waals surface area contributed by atoms with Gasteiger partial charge < -0.3 is 10.2 Å². The Morgan fingerprint density at radius 2 is 2.39 bits per heavy atom. The second kappa shape index (κ2) is 5.78. The lowest BCUT2D eigenvalue weighted by molar-refractivity contribution is 0.608. The van der Waals surface area contributed by atoms with Gasteiger partial charge in [0.15, 0.2) is 0 Å². The van der Waals surface area contributed by atoms with Gasteiger partial charge in [-0.25, -0.2) is 9.97 Å². The number of hydrogen-bond acceptors (Lipinski definition) is 5. The molecular formula is C13H19N5. The molecule has 5 heteroatoms. The van der Waals surface area contributed by atoms with Gasteiger partial charge in [0.2, 0.25) is 5.95 Å². The van der Waals surface area contributed by atoms with E-state index in [0.29, 0.717) is 17.7 Å². The van der Waals surface area contributed by atoms with Crippen LogP contribution in [0.5, 0.6) is 0 Å². The van der Waals surface area contributed by atoms with Crippen LogP contribution in [0.15, 0.2) is 6.07 Å². The molecule has 1 saturated heterocycles. The number of nitrogens with one attached hydrogen (secondary N) is 1. The summed E-state index contributed by atoms with van der Waals surface area (Å²) in [6, 6.07) is 4.27. The van der Waals surface area contributed by atoms with Crippen LogP contribution < -0.4 is 10.2 Å². The molecule has 1 N–H and O–H groups in total. The van der Waals surface area contributed by atoms with E-state index >= 15 is 0 Å². The van der Waals surface area contributed by atoms with Crippen LogP contribution in [0.4, 0.5) is 5.95 Å². The number of nitrogens with zero attached hydrogens (tertiary/aromatic N) is 4. The van der Waals surface area contributed by atoms with Crippen LogP contribution in [0.3, 0.4) is 0 Å². The van der Waals surface area contributed by atoms with Crippen LogP contribution in [-0.2, 0) is 0 Å². The molecule has 96 valence electrons. The molecule has 0 spiro atoms. The highest BCUT2D eigenvalue weighted by molar-refractivity contribution is 5.37. The molecule has 0 amide bonds. The lowest BCUT2D eigenvalue weighted by Crippen LogP contribution is -2.39. The minimum Gasteiger partial charge on any atom is -0.336 e. The summed E-state index contributed by atoms with van der Waals surface area (Å²) in [5.74, 6) is 0.696. The molecule has 1 fully saturated rings. The van der Waals surface area contributed by atoms with Crippen LogP contribution in [0.1, 0.15) is 31.2 Å². The van der Waals surface area contributed by atoms with Gasteiger partial charge in [0, 0.05) is 24.8 Å². The van der Waals surface area contributed by atoms with Crippen LogP contribution in [0.25, 0.3) is 0 Å². The van der Waals surface area contributed by atoms with Crippen molar-refractivity contribution in [1.29, 1.82) is 5.26 Å². The van der Waals surface area contributed by atoms with Crippen molar-refractivity contribution in [2.24, 2.45) is 0 Å². The lowest BCUT2D eigenvalue weighted by Gasteiger charge is -2.28. The molecule has 0 radical (unpaired) electrons. The van der Waals surface area contributed by atoms with Crippen LogP contribution in [0.2, 0.25) is 0 Å². The highest BCUT2D eigenvalue weighted by Crippen LogP contribution is 2.17. The van der Waals surface area contributed by atoms with Gasteiger partial charge in [-0.15, -0.1) is 0 Å². The smallest absolute Gasteiger partial charge is 0.227 e. The summed E-state index contributed by atoms with van der Waals surface area (Å²) in [5.41, 5.74) is 1.30. The maximum atomic E-state index is 8.99. The van der Waals surface area contributed by atoms with Gasteiger partial charge >= 0.3 is 0 Å². The first-order chi connectivity index (χ1) is 8.74. The average Bonchev–Trinajstić information content (AvgIpc) is 2.88. The number of aromatic nitrogens is 2. The summed E-state index contributed by atoms with van der Waals surface area (Å²) in [4.78, 5) is 11.1. The molecule has 18 heavy (non-hydrogen) atoms. The standard InChI is InChI=1S/C13H19N5/c1-3-6-18(12-4-5-15-9-12)13-16-10(2)7-11(8-14)17-13/h7,12,15H,3-6,9H2,1-2H3. The summed E-state index contributed by atoms with van der Waals surface area (Å²) in [7, 11) is 0. The van der Waals surface area contributed by atoms with Crippen LogP contribution in [0, 0.1) is 18.3 Å². The van der Waals surface area contributed by atoms with Gasteiger partial charge in [-0.3, -0.25) is 0 Å². The Morgan fingerprint density at radius 1 is 1.56 bits per heavy atom. The van der Waals surface area contributed by atoms with Crippen molar-refractivity contribution in [3.63, 3.8) is 0 Å².